The number of hydrogen-bond acceptors (Lipinski definition) is 7. The van der Waals surface area contributed by atoms with Crippen LogP contribution in [0.25, 0.3) is 0 Å². The van der Waals surface area contributed by atoms with E-state index in [4.69, 9.17) is 28.0 Å². The van der Waals surface area contributed by atoms with Crippen molar-refractivity contribution in [2.75, 3.05) is 13.1 Å². The summed E-state index contributed by atoms with van der Waals surface area (Å²) < 4.78 is 0. The number of aliphatic carboxylic acids is 1. The molecule has 0 spiro atoms. The van der Waals surface area contributed by atoms with Crippen molar-refractivity contribution >= 4 is 29.7 Å². The number of carboxylic acids is 1. The summed E-state index contributed by atoms with van der Waals surface area (Å²) >= 11 is 0. The van der Waals surface area contributed by atoms with Crippen LogP contribution in [0.1, 0.15) is 59.3 Å². The van der Waals surface area contributed by atoms with E-state index in [9.17, 15) is 19.2 Å². The number of unbranched alkanes of at least 4 members (excludes halogenated alkanes) is 1. The number of carboxylic acid groups (broad SMARTS) is 1. The van der Waals surface area contributed by atoms with Gasteiger partial charge >= 0.3 is 5.97 Å². The average Bonchev–Trinajstić information content (AvgIpc) is 2.74. The lowest BCUT2D eigenvalue weighted by Gasteiger charge is -2.25. The van der Waals surface area contributed by atoms with E-state index in [0.717, 1.165) is 6.42 Å². The molecule has 0 aromatic rings. The monoisotopic (exact) mass is 486 g/mol. The van der Waals surface area contributed by atoms with Crippen molar-refractivity contribution < 1.29 is 24.3 Å². The number of rotatable bonds is 17. The lowest BCUT2D eigenvalue weighted by Crippen LogP contribution is -2.57. The van der Waals surface area contributed by atoms with Gasteiger partial charge in [0.05, 0.1) is 6.04 Å². The molecule has 0 aliphatic rings. The van der Waals surface area contributed by atoms with Gasteiger partial charge in [-0.1, -0.05) is 20.3 Å². The van der Waals surface area contributed by atoms with Crippen molar-refractivity contribution in [3.63, 3.8) is 0 Å². The summed E-state index contributed by atoms with van der Waals surface area (Å²) in [6.07, 6.45) is 2.67. The van der Waals surface area contributed by atoms with Crippen molar-refractivity contribution in [1.29, 1.82) is 0 Å². The molecule has 0 aliphatic carbocycles. The Bertz CT molecular complexity index is 697. The van der Waals surface area contributed by atoms with Crippen LogP contribution in [0, 0.1) is 5.92 Å². The second kappa shape index (κ2) is 16.6. The minimum atomic E-state index is -1.20. The molecule has 0 fully saturated rings. The SMILES string of the molecule is CC(C)CC(NC(=O)C(CCCN=C(N)N)NC(=O)C(N)CCCCN)C(=O)NC(C)C(=O)O. The van der Waals surface area contributed by atoms with E-state index in [1.807, 2.05) is 13.8 Å². The van der Waals surface area contributed by atoms with Crippen LogP contribution < -0.4 is 38.9 Å². The summed E-state index contributed by atoms with van der Waals surface area (Å²) in [6.45, 7) is 5.79. The minimum absolute atomic E-state index is 0.0297. The molecule has 0 saturated heterocycles. The van der Waals surface area contributed by atoms with E-state index in [1.54, 1.807) is 0 Å². The largest absolute Gasteiger partial charge is 0.480 e. The number of carbonyl (C=O) groups excluding carboxylic acids is 3. The molecule has 13 heteroatoms. The molecule has 0 rings (SSSR count). The zero-order valence-electron chi connectivity index (χ0n) is 20.4. The van der Waals surface area contributed by atoms with Crippen molar-refractivity contribution in [3.05, 3.63) is 0 Å². The first-order chi connectivity index (χ1) is 15.9. The average molecular weight is 487 g/mol. The Hall–Kier alpha value is -2.93. The second-order valence-electron chi connectivity index (χ2n) is 8.66. The van der Waals surface area contributed by atoms with Crippen LogP contribution in [0.5, 0.6) is 0 Å². The van der Waals surface area contributed by atoms with Crippen LogP contribution >= 0.6 is 0 Å². The molecule has 4 atom stereocenters. The van der Waals surface area contributed by atoms with Crippen LogP contribution in [-0.2, 0) is 19.2 Å². The zero-order valence-corrected chi connectivity index (χ0v) is 20.4. The van der Waals surface area contributed by atoms with Gasteiger partial charge in [0.2, 0.25) is 17.7 Å². The Morgan fingerprint density at radius 3 is 1.97 bits per heavy atom. The maximum atomic E-state index is 13.0. The molecular formula is C21H42N8O5. The van der Waals surface area contributed by atoms with Gasteiger partial charge in [0.15, 0.2) is 5.96 Å². The highest BCUT2D eigenvalue weighted by molar-refractivity contribution is 5.94. The fraction of sp³-hybridized carbons (Fsp3) is 0.762. The van der Waals surface area contributed by atoms with Gasteiger partial charge in [-0.25, -0.2) is 0 Å². The molecule has 0 heterocycles. The first-order valence-corrected chi connectivity index (χ1v) is 11.5. The third-order valence-electron chi connectivity index (χ3n) is 4.95. The number of nitrogens with one attached hydrogen (secondary N) is 3. The number of nitrogens with zero attached hydrogens (tertiary/aromatic N) is 1. The molecule has 0 aromatic heterocycles. The Balaban J connectivity index is 5.40. The number of guanidine groups is 1. The highest BCUT2D eigenvalue weighted by Crippen LogP contribution is 2.08. The predicted molar refractivity (Wildman–Crippen MR) is 129 cm³/mol. The molecule has 0 saturated carbocycles. The highest BCUT2D eigenvalue weighted by atomic mass is 16.4. The van der Waals surface area contributed by atoms with E-state index in [-0.39, 0.29) is 31.3 Å². The highest BCUT2D eigenvalue weighted by Gasteiger charge is 2.29. The zero-order chi connectivity index (χ0) is 26.3. The van der Waals surface area contributed by atoms with Crippen LogP contribution in [0.2, 0.25) is 0 Å². The minimum Gasteiger partial charge on any atom is -0.480 e. The van der Waals surface area contributed by atoms with Crippen molar-refractivity contribution in [3.8, 4) is 0 Å². The molecule has 196 valence electrons. The van der Waals surface area contributed by atoms with Gasteiger partial charge in [0.25, 0.3) is 0 Å². The lowest BCUT2D eigenvalue weighted by molar-refractivity contribution is -0.142. The molecule has 0 aliphatic heterocycles. The van der Waals surface area contributed by atoms with E-state index >= 15 is 0 Å². The van der Waals surface area contributed by atoms with Crippen molar-refractivity contribution in [1.82, 2.24) is 16.0 Å². The molecule has 13 nitrogen and oxygen atoms in total. The summed E-state index contributed by atoms with van der Waals surface area (Å²) in [4.78, 5) is 53.2. The summed E-state index contributed by atoms with van der Waals surface area (Å²) in [5.74, 6) is -2.97. The normalized spacial score (nSPS) is 14.4. The molecule has 0 bridgehead atoms. The molecule has 4 unspecified atom stereocenters. The third kappa shape index (κ3) is 13.6. The summed E-state index contributed by atoms with van der Waals surface area (Å²) in [6, 6.07) is -3.90. The molecule has 0 aromatic carbocycles. The smallest absolute Gasteiger partial charge is 0.325 e. The molecule has 0 radical (unpaired) electrons. The van der Waals surface area contributed by atoms with E-state index in [0.29, 0.717) is 25.8 Å². The number of carbonyl (C=O) groups is 4. The van der Waals surface area contributed by atoms with Gasteiger partial charge < -0.3 is 44.0 Å². The fourth-order valence-corrected chi connectivity index (χ4v) is 3.04. The van der Waals surface area contributed by atoms with Gasteiger partial charge in [-0.3, -0.25) is 24.2 Å². The van der Waals surface area contributed by atoms with E-state index < -0.39 is 47.9 Å². The third-order valence-corrected chi connectivity index (χ3v) is 4.95. The summed E-state index contributed by atoms with van der Waals surface area (Å²) in [5, 5.41) is 16.7. The van der Waals surface area contributed by atoms with Crippen LogP contribution in [0.4, 0.5) is 0 Å². The fourth-order valence-electron chi connectivity index (χ4n) is 3.04. The van der Waals surface area contributed by atoms with Gasteiger partial charge in [-0.2, -0.15) is 0 Å². The quantitative estimate of drug-likeness (QED) is 0.0649. The van der Waals surface area contributed by atoms with Gasteiger partial charge in [0.1, 0.15) is 18.1 Å². The predicted octanol–water partition coefficient (Wildman–Crippen LogP) is -1.90. The standard InChI is InChI=1S/C21H42N8O5/c1-12(2)11-16(19(32)27-13(3)20(33)34)29-18(31)15(8-6-10-26-21(24)25)28-17(30)14(23)7-4-5-9-22/h12-16H,4-11,22-23H2,1-3H3,(H,27,32)(H,28,30)(H,29,31)(H,33,34)(H4,24,25,26). The topological polar surface area (TPSA) is 241 Å². The summed E-state index contributed by atoms with van der Waals surface area (Å²) in [7, 11) is 0. The van der Waals surface area contributed by atoms with Crippen LogP contribution in [-0.4, -0.2) is 72.0 Å². The first kappa shape index (κ1) is 31.1. The maximum absolute atomic E-state index is 13.0. The lowest BCUT2D eigenvalue weighted by atomic mass is 10.0. The number of nitrogens with two attached hydrogens (primary N) is 4. The van der Waals surface area contributed by atoms with E-state index in [1.165, 1.54) is 6.92 Å². The van der Waals surface area contributed by atoms with Crippen molar-refractivity contribution in [2.45, 2.75) is 83.5 Å². The molecule has 3 amide bonds. The van der Waals surface area contributed by atoms with Gasteiger partial charge in [0, 0.05) is 6.54 Å². The first-order valence-electron chi connectivity index (χ1n) is 11.5. The number of aliphatic imine (C=N–C) groups is 1. The Labute approximate surface area is 200 Å². The molecular weight excluding hydrogens is 444 g/mol. The maximum Gasteiger partial charge on any atom is 0.325 e. The van der Waals surface area contributed by atoms with Crippen molar-refractivity contribution in [2.24, 2.45) is 33.8 Å². The second-order valence-corrected chi connectivity index (χ2v) is 8.66. The Morgan fingerprint density at radius 1 is 0.853 bits per heavy atom. The van der Waals surface area contributed by atoms with E-state index in [2.05, 4.69) is 20.9 Å². The molecule has 34 heavy (non-hydrogen) atoms. The number of amides is 3. The van der Waals surface area contributed by atoms with Gasteiger partial charge in [-0.05, 0) is 51.5 Å². The molecule has 12 N–H and O–H groups in total. The Kier molecular flexibility index (Phi) is 15.2. The number of hydrogen-bond donors (Lipinski definition) is 8. The van der Waals surface area contributed by atoms with Crippen LogP contribution in [0.15, 0.2) is 4.99 Å². The van der Waals surface area contributed by atoms with Gasteiger partial charge in [-0.15, -0.1) is 0 Å². The van der Waals surface area contributed by atoms with Crippen LogP contribution in [0.3, 0.4) is 0 Å². The summed E-state index contributed by atoms with van der Waals surface area (Å²) in [5.41, 5.74) is 22.0. The Morgan fingerprint density at radius 2 is 1.44 bits per heavy atom.